The van der Waals surface area contributed by atoms with Gasteiger partial charge < -0.3 is 25.0 Å². The molecule has 0 spiro atoms. The zero-order valence-corrected chi connectivity index (χ0v) is 21.3. The second kappa shape index (κ2) is 11.0. The highest BCUT2D eigenvalue weighted by Crippen LogP contribution is 2.32. The van der Waals surface area contributed by atoms with Gasteiger partial charge in [-0.05, 0) is 30.0 Å². The van der Waals surface area contributed by atoms with Crippen LogP contribution in [0.4, 0.5) is 5.69 Å². The molecule has 5 rings (SSSR count). The Kier molecular flexibility index (Phi) is 7.39. The van der Waals surface area contributed by atoms with Gasteiger partial charge in [0.05, 0.1) is 25.6 Å². The van der Waals surface area contributed by atoms with Crippen molar-refractivity contribution in [2.75, 3.05) is 45.7 Å². The van der Waals surface area contributed by atoms with E-state index in [2.05, 4.69) is 76.2 Å². The third-order valence-corrected chi connectivity index (χ3v) is 6.78. The van der Waals surface area contributed by atoms with E-state index in [0.29, 0.717) is 17.4 Å². The van der Waals surface area contributed by atoms with Gasteiger partial charge in [0.25, 0.3) is 0 Å². The van der Waals surface area contributed by atoms with Crippen LogP contribution in [0.2, 0.25) is 0 Å². The maximum atomic E-state index is 5.50. The zero-order valence-electron chi connectivity index (χ0n) is 21.3. The summed E-state index contributed by atoms with van der Waals surface area (Å²) in [6.45, 7) is 7.53. The first kappa shape index (κ1) is 24.2. The molecule has 2 N–H and O–H groups in total. The number of piperazine rings is 1. The Bertz CT molecular complexity index is 1190. The second-order valence-corrected chi connectivity index (χ2v) is 9.44. The van der Waals surface area contributed by atoms with Gasteiger partial charge in [-0.3, -0.25) is 4.90 Å². The third kappa shape index (κ3) is 5.48. The monoisotopic (exact) mass is 485 g/mol. The molecule has 0 aromatic heterocycles. The van der Waals surface area contributed by atoms with Crippen LogP contribution in [0.1, 0.15) is 24.5 Å². The molecule has 7 heteroatoms. The number of aliphatic imine (C=N–C) groups is 1. The van der Waals surface area contributed by atoms with Gasteiger partial charge in [0, 0.05) is 62.4 Å². The van der Waals surface area contributed by atoms with E-state index in [1.807, 2.05) is 18.2 Å². The summed E-state index contributed by atoms with van der Waals surface area (Å²) in [7, 11) is 3.29. The number of amidine groups is 1. The van der Waals surface area contributed by atoms with Gasteiger partial charge in [-0.25, -0.2) is 4.99 Å². The standard InChI is InChI=1S/C29H35N5O2/c1-21-4-10-26-29(31-24-9-11-27(35-2)28(18-24)36-3)32-25(20-34(26)15-12-21)23-7-5-22(6-8-23)19-33-16-13-30-14-17-33/h5-12,15,18,20-21,30H,4,13-14,16-17,19H2,1-3H3,(H,31,32). The normalized spacial score (nSPS) is 20.0. The molecule has 3 aliphatic rings. The van der Waals surface area contributed by atoms with Crippen LogP contribution in [-0.4, -0.2) is 56.0 Å². The molecule has 0 bridgehead atoms. The first-order valence-electron chi connectivity index (χ1n) is 12.6. The Hall–Kier alpha value is -3.55. The number of hydrogen-bond acceptors (Lipinski definition) is 7. The molecule has 3 heterocycles. The Morgan fingerprint density at radius 1 is 1.03 bits per heavy atom. The number of benzene rings is 2. The van der Waals surface area contributed by atoms with E-state index in [1.54, 1.807) is 14.2 Å². The van der Waals surface area contributed by atoms with Crippen molar-refractivity contribution in [2.45, 2.75) is 19.9 Å². The molecule has 1 saturated heterocycles. The lowest BCUT2D eigenvalue weighted by molar-refractivity contribution is 0.233. The number of methoxy groups -OCH3 is 2. The van der Waals surface area contributed by atoms with Crippen LogP contribution in [0, 0.1) is 5.92 Å². The van der Waals surface area contributed by atoms with Gasteiger partial charge in [0.2, 0.25) is 0 Å². The van der Waals surface area contributed by atoms with Crippen LogP contribution in [0.5, 0.6) is 11.5 Å². The molecule has 2 aromatic carbocycles. The van der Waals surface area contributed by atoms with E-state index in [4.69, 9.17) is 14.5 Å². The first-order chi connectivity index (χ1) is 17.6. The number of ether oxygens (including phenoxy) is 2. The number of nitrogens with one attached hydrogen (secondary N) is 2. The molecule has 7 nitrogen and oxygen atoms in total. The topological polar surface area (TPSA) is 61.4 Å². The van der Waals surface area contributed by atoms with Gasteiger partial charge in [-0.2, -0.15) is 0 Å². The van der Waals surface area contributed by atoms with Gasteiger partial charge in [-0.15, -0.1) is 0 Å². The van der Waals surface area contributed by atoms with Crippen LogP contribution in [0.3, 0.4) is 0 Å². The summed E-state index contributed by atoms with van der Waals surface area (Å²) < 4.78 is 10.9. The maximum absolute atomic E-state index is 5.50. The third-order valence-electron chi connectivity index (χ3n) is 6.78. The van der Waals surface area contributed by atoms with E-state index in [0.717, 1.165) is 67.6 Å². The van der Waals surface area contributed by atoms with Crippen LogP contribution in [0.15, 0.2) is 77.7 Å². The smallest absolute Gasteiger partial charge is 0.162 e. The van der Waals surface area contributed by atoms with Crippen molar-refractivity contribution in [3.05, 3.63) is 83.8 Å². The predicted molar refractivity (Wildman–Crippen MR) is 146 cm³/mol. The summed E-state index contributed by atoms with van der Waals surface area (Å²) in [5.74, 6) is 2.65. The Balaban J connectivity index is 1.43. The highest BCUT2D eigenvalue weighted by molar-refractivity contribution is 6.11. The number of fused-ring (bicyclic) bond motifs is 1. The molecule has 2 aromatic rings. The van der Waals surface area contributed by atoms with E-state index in [9.17, 15) is 0 Å². The molecule has 3 aliphatic heterocycles. The lowest BCUT2D eigenvalue weighted by Gasteiger charge is -2.28. The largest absolute Gasteiger partial charge is 0.493 e. The zero-order chi connectivity index (χ0) is 24.9. The van der Waals surface area contributed by atoms with E-state index < -0.39 is 0 Å². The van der Waals surface area contributed by atoms with Crippen LogP contribution >= 0.6 is 0 Å². The van der Waals surface area contributed by atoms with Gasteiger partial charge >= 0.3 is 0 Å². The molecular formula is C29H35N5O2. The molecule has 1 fully saturated rings. The van der Waals surface area contributed by atoms with Crippen LogP contribution < -0.4 is 20.1 Å². The van der Waals surface area contributed by atoms with Gasteiger partial charge in [0.1, 0.15) is 0 Å². The molecule has 36 heavy (non-hydrogen) atoms. The van der Waals surface area contributed by atoms with Crippen molar-refractivity contribution in [3.8, 4) is 11.5 Å². The summed E-state index contributed by atoms with van der Waals surface area (Å²) in [4.78, 5) is 9.74. The molecule has 1 unspecified atom stereocenters. The number of hydrogen-bond donors (Lipinski definition) is 2. The van der Waals surface area contributed by atoms with E-state index in [1.165, 1.54) is 5.56 Å². The average Bonchev–Trinajstić information content (AvgIpc) is 3.11. The lowest BCUT2D eigenvalue weighted by atomic mass is 10.1. The Labute approximate surface area is 213 Å². The van der Waals surface area contributed by atoms with Crippen molar-refractivity contribution < 1.29 is 9.47 Å². The number of anilines is 1. The fourth-order valence-electron chi connectivity index (χ4n) is 4.66. The predicted octanol–water partition coefficient (Wildman–Crippen LogP) is 4.67. The van der Waals surface area contributed by atoms with Crippen molar-refractivity contribution in [1.82, 2.24) is 15.1 Å². The molecule has 1 atom stereocenters. The number of nitrogens with zero attached hydrogens (tertiary/aromatic N) is 3. The van der Waals surface area contributed by atoms with Crippen molar-refractivity contribution in [1.29, 1.82) is 0 Å². The summed E-state index contributed by atoms with van der Waals surface area (Å²) in [6, 6.07) is 14.6. The quantitative estimate of drug-likeness (QED) is 0.620. The molecule has 0 radical (unpaired) electrons. The summed E-state index contributed by atoms with van der Waals surface area (Å²) in [6.07, 6.45) is 9.71. The van der Waals surface area contributed by atoms with E-state index in [-0.39, 0.29) is 0 Å². The minimum atomic E-state index is 0.464. The molecule has 188 valence electrons. The van der Waals surface area contributed by atoms with Crippen LogP contribution in [0.25, 0.3) is 5.70 Å². The number of rotatable bonds is 6. The average molecular weight is 486 g/mol. The minimum absolute atomic E-state index is 0.464. The summed E-state index contributed by atoms with van der Waals surface area (Å²) >= 11 is 0. The fourth-order valence-corrected chi connectivity index (χ4v) is 4.66. The first-order valence-corrected chi connectivity index (χ1v) is 12.6. The lowest BCUT2D eigenvalue weighted by Crippen LogP contribution is -2.42. The fraction of sp³-hybridized carbons (Fsp3) is 0.345. The van der Waals surface area contributed by atoms with Crippen molar-refractivity contribution >= 4 is 17.2 Å². The van der Waals surface area contributed by atoms with Crippen molar-refractivity contribution in [2.24, 2.45) is 10.9 Å². The van der Waals surface area contributed by atoms with Crippen LogP contribution in [-0.2, 0) is 6.54 Å². The van der Waals surface area contributed by atoms with E-state index >= 15 is 0 Å². The SMILES string of the molecule is COc1ccc(NC2=NC(c3ccc(CN4CCNCC4)cc3)=CN3C=CC(C)CC=C23)cc1OC. The summed E-state index contributed by atoms with van der Waals surface area (Å²) in [5.41, 5.74) is 5.28. The van der Waals surface area contributed by atoms with Crippen molar-refractivity contribution in [3.63, 3.8) is 0 Å². The second-order valence-electron chi connectivity index (χ2n) is 9.44. The van der Waals surface area contributed by atoms with Gasteiger partial charge in [-0.1, -0.05) is 43.3 Å². The highest BCUT2D eigenvalue weighted by Gasteiger charge is 2.22. The van der Waals surface area contributed by atoms with Gasteiger partial charge in [0.15, 0.2) is 17.3 Å². The summed E-state index contributed by atoms with van der Waals surface area (Å²) in [5, 5.41) is 6.95. The molecule has 0 amide bonds. The Morgan fingerprint density at radius 2 is 1.81 bits per heavy atom. The molecular weight excluding hydrogens is 450 g/mol. The maximum Gasteiger partial charge on any atom is 0.162 e. The molecule has 0 aliphatic carbocycles. The Morgan fingerprint density at radius 3 is 2.56 bits per heavy atom. The number of allylic oxidation sites excluding steroid dienone is 2. The minimum Gasteiger partial charge on any atom is -0.493 e. The highest BCUT2D eigenvalue weighted by atomic mass is 16.5. The molecule has 0 saturated carbocycles.